The van der Waals surface area contributed by atoms with E-state index in [-0.39, 0.29) is 0 Å². The van der Waals surface area contributed by atoms with Crippen LogP contribution in [0.25, 0.3) is 21.8 Å². The summed E-state index contributed by atoms with van der Waals surface area (Å²) in [5.74, 6) is 4.77. The molecule has 1 N–H and O–H groups in total. The van der Waals surface area contributed by atoms with E-state index in [1.807, 2.05) is 91.3 Å². The second-order valence-corrected chi connectivity index (χ2v) is 10.0. The number of anilines is 6. The van der Waals surface area contributed by atoms with Crippen molar-refractivity contribution in [3.05, 3.63) is 122 Å². The molecule has 0 spiro atoms. The number of para-hydroxylation sites is 8. The number of rotatable bonds is 2. The average molecular weight is 532 g/mol. The van der Waals surface area contributed by atoms with Crippen molar-refractivity contribution in [1.82, 2.24) is 15.0 Å². The van der Waals surface area contributed by atoms with Crippen LogP contribution in [0, 0.1) is 0 Å². The fourth-order valence-corrected chi connectivity index (χ4v) is 5.89. The van der Waals surface area contributed by atoms with Crippen LogP contribution in [-0.4, -0.2) is 15.0 Å². The number of fused-ring (bicyclic) bond motifs is 7. The first-order chi connectivity index (χ1) is 20.3. The molecule has 0 unspecified atom stereocenters. The fraction of sp³-hybridized carbons (Fsp3) is 0. The molecule has 7 nitrogen and oxygen atoms in total. The number of pyridine rings is 2. The van der Waals surface area contributed by atoms with Crippen LogP contribution in [0.3, 0.4) is 0 Å². The maximum Gasteiger partial charge on any atom is 0.151 e. The van der Waals surface area contributed by atoms with Gasteiger partial charge in [-0.1, -0.05) is 48.5 Å². The van der Waals surface area contributed by atoms with E-state index >= 15 is 0 Å². The summed E-state index contributed by atoms with van der Waals surface area (Å²) in [4.78, 5) is 17.9. The molecule has 0 bridgehead atoms. The Balaban J connectivity index is 1.26. The van der Waals surface area contributed by atoms with Crippen molar-refractivity contribution in [3.8, 4) is 23.0 Å². The van der Waals surface area contributed by atoms with Crippen LogP contribution >= 0.6 is 0 Å². The van der Waals surface area contributed by atoms with Gasteiger partial charge in [-0.05, 0) is 54.6 Å². The van der Waals surface area contributed by atoms with Crippen molar-refractivity contribution in [2.45, 2.75) is 0 Å². The Morgan fingerprint density at radius 1 is 0.537 bits per heavy atom. The lowest BCUT2D eigenvalue weighted by Gasteiger charge is -2.32. The third-order valence-corrected chi connectivity index (χ3v) is 7.66. The zero-order valence-corrected chi connectivity index (χ0v) is 21.7. The summed E-state index contributed by atoms with van der Waals surface area (Å²) < 4.78 is 12.4. The number of nitrogens with zero attached hydrogens (tertiary/aromatic N) is 4. The molecule has 3 aromatic heterocycles. The molecule has 4 aromatic carbocycles. The molecule has 0 aliphatic carbocycles. The van der Waals surface area contributed by atoms with Crippen molar-refractivity contribution < 1.29 is 9.47 Å². The summed E-state index contributed by atoms with van der Waals surface area (Å²) in [7, 11) is 0. The molecule has 9 rings (SSSR count). The average Bonchev–Trinajstić information content (AvgIpc) is 3.40. The molecule has 2 aliphatic rings. The molecular formula is C34H21N5O2. The maximum absolute atomic E-state index is 6.25. The minimum absolute atomic E-state index is 0.787. The molecule has 0 amide bonds. The van der Waals surface area contributed by atoms with Crippen LogP contribution < -0.4 is 19.3 Å². The van der Waals surface area contributed by atoms with Gasteiger partial charge >= 0.3 is 0 Å². The van der Waals surface area contributed by atoms with Gasteiger partial charge in [-0.15, -0.1) is 0 Å². The molecular weight excluding hydrogens is 510 g/mol. The topological polar surface area (TPSA) is 66.5 Å². The molecule has 194 valence electrons. The fourth-order valence-electron chi connectivity index (χ4n) is 5.89. The number of hydrogen-bond acceptors (Lipinski definition) is 6. The van der Waals surface area contributed by atoms with E-state index in [1.165, 1.54) is 0 Å². The lowest BCUT2D eigenvalue weighted by Crippen LogP contribution is -2.17. The molecule has 7 aromatic rings. The zero-order chi connectivity index (χ0) is 26.9. The van der Waals surface area contributed by atoms with E-state index in [4.69, 9.17) is 19.4 Å². The van der Waals surface area contributed by atoms with Crippen LogP contribution in [0.4, 0.5) is 34.4 Å². The first-order valence-corrected chi connectivity index (χ1v) is 13.4. The minimum atomic E-state index is 0.787. The Kier molecular flexibility index (Phi) is 4.48. The van der Waals surface area contributed by atoms with Crippen LogP contribution in [0.1, 0.15) is 0 Å². The van der Waals surface area contributed by atoms with Gasteiger partial charge in [-0.2, -0.15) is 0 Å². The molecule has 7 heteroatoms. The number of H-pyrrole nitrogens is 1. The van der Waals surface area contributed by atoms with Crippen molar-refractivity contribution in [2.24, 2.45) is 0 Å². The predicted octanol–water partition coefficient (Wildman–Crippen LogP) is 9.26. The van der Waals surface area contributed by atoms with Crippen LogP contribution in [0.15, 0.2) is 122 Å². The highest BCUT2D eigenvalue weighted by Gasteiger charge is 2.30. The van der Waals surface area contributed by atoms with E-state index < -0.39 is 0 Å². The Morgan fingerprint density at radius 3 is 1.61 bits per heavy atom. The highest BCUT2D eigenvalue weighted by atomic mass is 16.5. The summed E-state index contributed by atoms with van der Waals surface area (Å²) in [6.07, 6.45) is 3.78. The van der Waals surface area contributed by atoms with Crippen molar-refractivity contribution >= 4 is 56.2 Å². The van der Waals surface area contributed by atoms with Gasteiger partial charge in [0.25, 0.3) is 0 Å². The van der Waals surface area contributed by atoms with E-state index in [1.54, 1.807) is 0 Å². The zero-order valence-electron chi connectivity index (χ0n) is 21.7. The van der Waals surface area contributed by atoms with Crippen LogP contribution in [0.2, 0.25) is 0 Å². The standard InChI is InChI=1S/C34H21N5O2/c1-5-13-28-24(9-1)38(25-10-2-6-14-29(25)40-28)32-19-23-21(20-36-32)33-22(37-23)17-18-35-34(33)39-26-11-3-7-15-30(26)41-31-16-8-4-12-27(31)39/h1-20,37H. The minimum Gasteiger partial charge on any atom is -0.453 e. The summed E-state index contributed by atoms with van der Waals surface area (Å²) in [5.41, 5.74) is 5.71. The number of ether oxygens (including phenoxy) is 2. The largest absolute Gasteiger partial charge is 0.453 e. The van der Waals surface area contributed by atoms with Gasteiger partial charge in [0.2, 0.25) is 0 Å². The highest BCUT2D eigenvalue weighted by molar-refractivity contribution is 6.14. The van der Waals surface area contributed by atoms with Gasteiger partial charge in [-0.25, -0.2) is 9.97 Å². The number of nitrogens with one attached hydrogen (secondary N) is 1. The molecule has 0 radical (unpaired) electrons. The summed E-state index contributed by atoms with van der Waals surface area (Å²) in [6, 6.07) is 36.3. The number of aromatic amines is 1. The molecule has 0 saturated heterocycles. The summed E-state index contributed by atoms with van der Waals surface area (Å²) in [6.45, 7) is 0. The second kappa shape index (κ2) is 8.34. The molecule has 41 heavy (non-hydrogen) atoms. The van der Waals surface area contributed by atoms with Crippen molar-refractivity contribution in [3.63, 3.8) is 0 Å². The van der Waals surface area contributed by atoms with E-state index in [0.29, 0.717) is 0 Å². The summed E-state index contributed by atoms with van der Waals surface area (Å²) in [5, 5.41) is 1.99. The molecule has 5 heterocycles. The summed E-state index contributed by atoms with van der Waals surface area (Å²) >= 11 is 0. The van der Waals surface area contributed by atoms with Crippen molar-refractivity contribution in [1.29, 1.82) is 0 Å². The lowest BCUT2D eigenvalue weighted by atomic mass is 10.1. The maximum atomic E-state index is 6.25. The van der Waals surface area contributed by atoms with Gasteiger partial charge in [0.15, 0.2) is 23.0 Å². The Bertz CT molecular complexity index is 2060. The number of benzene rings is 4. The molecule has 0 atom stereocenters. The number of aromatic nitrogens is 3. The van der Waals surface area contributed by atoms with E-state index in [9.17, 15) is 0 Å². The normalized spacial score (nSPS) is 13.2. The molecule has 0 saturated carbocycles. The van der Waals surface area contributed by atoms with Gasteiger partial charge in [0.1, 0.15) is 11.6 Å². The number of hydrogen-bond donors (Lipinski definition) is 1. The first-order valence-electron chi connectivity index (χ1n) is 13.4. The second-order valence-electron chi connectivity index (χ2n) is 10.0. The Labute approximate surface area is 234 Å². The first kappa shape index (κ1) is 22.0. The molecule has 0 fully saturated rings. The highest BCUT2D eigenvalue weighted by Crippen LogP contribution is 2.52. The third kappa shape index (κ3) is 3.20. The monoisotopic (exact) mass is 531 g/mol. The lowest BCUT2D eigenvalue weighted by molar-refractivity contribution is 0.476. The quantitative estimate of drug-likeness (QED) is 0.240. The third-order valence-electron chi connectivity index (χ3n) is 7.66. The van der Waals surface area contributed by atoms with Crippen LogP contribution in [-0.2, 0) is 0 Å². The smallest absolute Gasteiger partial charge is 0.151 e. The van der Waals surface area contributed by atoms with E-state index in [0.717, 1.165) is 79.2 Å². The van der Waals surface area contributed by atoms with Crippen molar-refractivity contribution in [2.75, 3.05) is 9.80 Å². The predicted molar refractivity (Wildman–Crippen MR) is 161 cm³/mol. The van der Waals surface area contributed by atoms with Gasteiger partial charge < -0.3 is 14.5 Å². The SMILES string of the molecule is c1ccc2c(c1)Oc1ccccc1N2c1cc2[nH]c3ccnc(N4c5ccccc5Oc5ccccc54)c3c2cn1. The van der Waals surface area contributed by atoms with E-state index in [2.05, 4.69) is 45.1 Å². The Hall–Kier alpha value is -5.82. The van der Waals surface area contributed by atoms with Gasteiger partial charge in [-0.3, -0.25) is 9.80 Å². The molecule has 2 aliphatic heterocycles. The Morgan fingerprint density at radius 2 is 1.05 bits per heavy atom. The van der Waals surface area contributed by atoms with Crippen LogP contribution in [0.5, 0.6) is 23.0 Å². The van der Waals surface area contributed by atoms with Gasteiger partial charge in [0, 0.05) is 23.8 Å². The van der Waals surface area contributed by atoms with Gasteiger partial charge in [0.05, 0.1) is 39.2 Å².